The second kappa shape index (κ2) is 13.1. The molecule has 10 heteroatoms. The molecule has 0 radical (unpaired) electrons. The van der Waals surface area contributed by atoms with Crippen LogP contribution in [0.2, 0.25) is 0 Å². The van der Waals surface area contributed by atoms with Crippen LogP contribution in [0.3, 0.4) is 0 Å². The molecule has 1 aromatic carbocycles. The smallest absolute Gasteiger partial charge is 0.192 e. The van der Waals surface area contributed by atoms with Gasteiger partial charge in [0.05, 0.1) is 20.2 Å². The van der Waals surface area contributed by atoms with Gasteiger partial charge in [-0.15, -0.1) is 34.2 Å². The number of nitrogens with one attached hydrogen (secondary N) is 2. The average molecular weight is 575 g/mol. The van der Waals surface area contributed by atoms with Crippen LogP contribution in [-0.2, 0) is 30.9 Å². The van der Waals surface area contributed by atoms with E-state index in [1.165, 1.54) is 0 Å². The first-order valence-corrected chi connectivity index (χ1v) is 12.3. The van der Waals surface area contributed by atoms with Crippen molar-refractivity contribution in [2.75, 3.05) is 12.9 Å². The van der Waals surface area contributed by atoms with Gasteiger partial charge in [0.1, 0.15) is 11.6 Å². The van der Waals surface area contributed by atoms with Gasteiger partial charge in [0.2, 0.25) is 0 Å². The van der Waals surface area contributed by atoms with E-state index in [-0.39, 0.29) is 35.3 Å². The Balaban J connectivity index is 0.00000363. The Labute approximate surface area is 210 Å². The third-order valence-electron chi connectivity index (χ3n) is 5.80. The second-order valence-corrected chi connectivity index (χ2v) is 9.89. The SMILES string of the molecule is CCS(=O)C1CCCC(NC(=NCc2ccc(OC)cc2)NCc2nnc(C)n2C)C1.I. The van der Waals surface area contributed by atoms with Crippen molar-refractivity contribution < 1.29 is 8.95 Å². The van der Waals surface area contributed by atoms with Crippen LogP contribution >= 0.6 is 24.0 Å². The highest BCUT2D eigenvalue weighted by atomic mass is 127. The Kier molecular flexibility index (Phi) is 10.9. The summed E-state index contributed by atoms with van der Waals surface area (Å²) in [6.45, 7) is 5.01. The van der Waals surface area contributed by atoms with E-state index in [1.807, 2.05) is 49.7 Å². The molecule has 178 valence electrons. The van der Waals surface area contributed by atoms with E-state index in [4.69, 9.17) is 9.73 Å². The minimum atomic E-state index is -0.753. The highest BCUT2D eigenvalue weighted by molar-refractivity contribution is 14.0. The number of aromatic nitrogens is 3. The Bertz CT molecular complexity index is 902. The van der Waals surface area contributed by atoms with Crippen molar-refractivity contribution >= 4 is 40.7 Å². The number of hydrogen-bond donors (Lipinski definition) is 2. The molecule has 1 saturated carbocycles. The molecule has 1 heterocycles. The molecule has 1 aliphatic rings. The number of guanidine groups is 1. The summed E-state index contributed by atoms with van der Waals surface area (Å²) in [4.78, 5) is 4.81. The maximum atomic E-state index is 12.3. The molecular weight excluding hydrogens is 539 g/mol. The zero-order valence-electron chi connectivity index (χ0n) is 19.3. The van der Waals surface area contributed by atoms with Crippen LogP contribution in [-0.4, -0.2) is 49.1 Å². The summed E-state index contributed by atoms with van der Waals surface area (Å²) in [5, 5.41) is 15.6. The summed E-state index contributed by atoms with van der Waals surface area (Å²) in [7, 11) is 2.87. The van der Waals surface area contributed by atoms with E-state index in [0.29, 0.717) is 13.1 Å². The van der Waals surface area contributed by atoms with Crippen LogP contribution in [0, 0.1) is 6.92 Å². The quantitative estimate of drug-likeness (QED) is 0.286. The zero-order valence-corrected chi connectivity index (χ0v) is 22.5. The fourth-order valence-electron chi connectivity index (χ4n) is 3.77. The molecule has 0 aliphatic heterocycles. The van der Waals surface area contributed by atoms with Crippen molar-refractivity contribution in [3.63, 3.8) is 0 Å². The minimum absolute atomic E-state index is 0. The van der Waals surface area contributed by atoms with E-state index in [1.54, 1.807) is 7.11 Å². The van der Waals surface area contributed by atoms with Gasteiger partial charge in [-0.05, 0) is 43.9 Å². The topological polar surface area (TPSA) is 93.4 Å². The first kappa shape index (κ1) is 26.6. The number of hydrogen-bond acceptors (Lipinski definition) is 5. The third kappa shape index (κ3) is 7.43. The number of methoxy groups -OCH3 is 1. The number of rotatable bonds is 8. The Morgan fingerprint density at radius 2 is 2.03 bits per heavy atom. The molecule has 32 heavy (non-hydrogen) atoms. The van der Waals surface area contributed by atoms with E-state index in [0.717, 1.165) is 60.4 Å². The second-order valence-electron chi connectivity index (χ2n) is 7.89. The largest absolute Gasteiger partial charge is 0.497 e. The van der Waals surface area contributed by atoms with Gasteiger partial charge >= 0.3 is 0 Å². The normalized spacial score (nSPS) is 19.7. The monoisotopic (exact) mass is 574 g/mol. The maximum Gasteiger partial charge on any atom is 0.192 e. The van der Waals surface area contributed by atoms with Gasteiger partial charge in [0.25, 0.3) is 0 Å². The standard InChI is InChI=1S/C22H34N6O2S.HI/c1-5-31(29)20-8-6-7-18(13-20)25-22(24-15-21-27-26-16(2)28(21)3)23-14-17-9-11-19(30-4)12-10-17;/h9-12,18,20H,5-8,13-15H2,1-4H3,(H2,23,24,25);1H. The van der Waals surface area contributed by atoms with Crippen molar-refractivity contribution in [2.45, 2.75) is 63.9 Å². The van der Waals surface area contributed by atoms with Crippen LogP contribution < -0.4 is 15.4 Å². The minimum Gasteiger partial charge on any atom is -0.497 e. The number of benzene rings is 1. The van der Waals surface area contributed by atoms with Crippen molar-refractivity contribution in [3.8, 4) is 5.75 Å². The third-order valence-corrected chi connectivity index (χ3v) is 7.54. The lowest BCUT2D eigenvalue weighted by molar-refractivity contribution is 0.413. The summed E-state index contributed by atoms with van der Waals surface area (Å²) < 4.78 is 19.5. The number of aliphatic imine (C=N–C) groups is 1. The molecule has 0 amide bonds. The fraction of sp³-hybridized carbons (Fsp3) is 0.591. The van der Waals surface area contributed by atoms with Crippen LogP contribution in [0.15, 0.2) is 29.3 Å². The highest BCUT2D eigenvalue weighted by Crippen LogP contribution is 2.23. The maximum absolute atomic E-state index is 12.3. The van der Waals surface area contributed by atoms with Crippen molar-refractivity contribution in [3.05, 3.63) is 41.5 Å². The lowest BCUT2D eigenvalue weighted by Crippen LogP contribution is -2.46. The van der Waals surface area contributed by atoms with Crippen molar-refractivity contribution in [2.24, 2.45) is 12.0 Å². The summed E-state index contributed by atoms with van der Waals surface area (Å²) in [5.74, 6) is 4.02. The molecule has 1 aromatic heterocycles. The van der Waals surface area contributed by atoms with Crippen LogP contribution in [0.5, 0.6) is 5.75 Å². The van der Waals surface area contributed by atoms with E-state index in [2.05, 4.69) is 20.8 Å². The zero-order chi connectivity index (χ0) is 22.2. The molecule has 0 spiro atoms. The highest BCUT2D eigenvalue weighted by Gasteiger charge is 2.26. The predicted molar refractivity (Wildman–Crippen MR) is 140 cm³/mol. The van der Waals surface area contributed by atoms with Gasteiger partial charge in [0.15, 0.2) is 11.8 Å². The lowest BCUT2D eigenvalue weighted by atomic mass is 9.95. The molecule has 8 nitrogen and oxygen atoms in total. The molecule has 0 bridgehead atoms. The molecule has 3 atom stereocenters. The van der Waals surface area contributed by atoms with E-state index in [9.17, 15) is 4.21 Å². The molecule has 0 saturated heterocycles. The molecule has 1 fully saturated rings. The Morgan fingerprint density at radius 3 is 2.66 bits per heavy atom. The van der Waals surface area contributed by atoms with Crippen LogP contribution in [0.4, 0.5) is 0 Å². The summed E-state index contributed by atoms with van der Waals surface area (Å²) in [5.41, 5.74) is 1.10. The van der Waals surface area contributed by atoms with Gasteiger partial charge in [0, 0.05) is 34.9 Å². The van der Waals surface area contributed by atoms with Crippen molar-refractivity contribution in [1.29, 1.82) is 0 Å². The predicted octanol–water partition coefficient (Wildman–Crippen LogP) is 3.07. The summed E-state index contributed by atoms with van der Waals surface area (Å²) >= 11 is 0. The van der Waals surface area contributed by atoms with Gasteiger partial charge in [-0.25, -0.2) is 4.99 Å². The molecular formula is C22H35IN6O2S. The lowest BCUT2D eigenvalue weighted by Gasteiger charge is -2.30. The average Bonchev–Trinajstić information content (AvgIpc) is 3.13. The summed E-state index contributed by atoms with van der Waals surface area (Å²) in [6.07, 6.45) is 4.10. The number of nitrogens with zero attached hydrogens (tertiary/aromatic N) is 4. The number of ether oxygens (including phenoxy) is 1. The first-order chi connectivity index (χ1) is 15.0. The van der Waals surface area contributed by atoms with E-state index >= 15 is 0 Å². The molecule has 2 aromatic rings. The van der Waals surface area contributed by atoms with Gasteiger partial charge in [-0.3, -0.25) is 4.21 Å². The first-order valence-electron chi connectivity index (χ1n) is 10.9. The number of halogens is 1. The Morgan fingerprint density at radius 1 is 1.28 bits per heavy atom. The fourth-order valence-corrected chi connectivity index (χ4v) is 5.11. The molecule has 2 N–H and O–H groups in total. The Hall–Kier alpha value is -1.69. The molecule has 3 unspecified atom stereocenters. The van der Waals surface area contributed by atoms with Gasteiger partial charge in [-0.2, -0.15) is 0 Å². The van der Waals surface area contributed by atoms with Crippen LogP contribution in [0.1, 0.15) is 49.8 Å². The van der Waals surface area contributed by atoms with E-state index < -0.39 is 10.8 Å². The van der Waals surface area contributed by atoms with Crippen LogP contribution in [0.25, 0.3) is 0 Å². The molecule has 3 rings (SSSR count). The van der Waals surface area contributed by atoms with Gasteiger partial charge < -0.3 is 19.9 Å². The number of aryl methyl sites for hydroxylation is 1. The van der Waals surface area contributed by atoms with Crippen molar-refractivity contribution in [1.82, 2.24) is 25.4 Å². The summed E-state index contributed by atoms with van der Waals surface area (Å²) in [6, 6.07) is 8.19. The molecule has 1 aliphatic carbocycles. The van der Waals surface area contributed by atoms with Gasteiger partial charge in [-0.1, -0.05) is 25.5 Å².